The standard InChI is InChI=1S/C9H12.Ru/c1-7-4-5-8(2)9(3)6-7;/h4-6H,1-3H3;. The van der Waals surface area contributed by atoms with E-state index in [9.17, 15) is 0 Å². The van der Waals surface area contributed by atoms with Gasteiger partial charge in [0.1, 0.15) is 0 Å². The molecule has 0 unspecified atom stereocenters. The molecule has 1 rings (SSSR count). The predicted molar refractivity (Wildman–Crippen MR) is 40.7 cm³/mol. The molecule has 0 aromatic heterocycles. The van der Waals surface area contributed by atoms with Gasteiger partial charge in [-0.05, 0) is 31.9 Å². The molecule has 0 saturated carbocycles. The molecule has 0 atom stereocenters. The van der Waals surface area contributed by atoms with E-state index in [0.717, 1.165) is 0 Å². The van der Waals surface area contributed by atoms with Crippen molar-refractivity contribution in [1.29, 1.82) is 0 Å². The van der Waals surface area contributed by atoms with Crippen molar-refractivity contribution in [3.63, 3.8) is 0 Å². The molecule has 0 heterocycles. The first-order chi connectivity index (χ1) is 4.20. The van der Waals surface area contributed by atoms with E-state index in [-0.39, 0.29) is 19.5 Å². The summed E-state index contributed by atoms with van der Waals surface area (Å²) in [5.41, 5.74) is 4.11. The molecule has 0 aliphatic rings. The SMILES string of the molecule is Cc1ccc(C)c(C)c1.[Ru]. The van der Waals surface area contributed by atoms with Gasteiger partial charge in [0.25, 0.3) is 0 Å². The summed E-state index contributed by atoms with van der Waals surface area (Å²) in [7, 11) is 0. The monoisotopic (exact) mass is 222 g/mol. The molecule has 0 saturated heterocycles. The number of hydrogen-bond acceptors (Lipinski definition) is 0. The summed E-state index contributed by atoms with van der Waals surface area (Å²) < 4.78 is 0. The second-order valence-corrected chi connectivity index (χ2v) is 2.59. The quantitative estimate of drug-likeness (QED) is 0.591. The van der Waals surface area contributed by atoms with E-state index in [1.54, 1.807) is 0 Å². The Morgan fingerprint density at radius 2 is 1.50 bits per heavy atom. The summed E-state index contributed by atoms with van der Waals surface area (Å²) >= 11 is 0. The van der Waals surface area contributed by atoms with Crippen LogP contribution >= 0.6 is 0 Å². The van der Waals surface area contributed by atoms with Gasteiger partial charge in [-0.1, -0.05) is 23.8 Å². The fourth-order valence-corrected chi connectivity index (χ4v) is 0.891. The van der Waals surface area contributed by atoms with Crippen molar-refractivity contribution < 1.29 is 19.5 Å². The van der Waals surface area contributed by atoms with Crippen LogP contribution in [0, 0.1) is 20.8 Å². The zero-order chi connectivity index (χ0) is 6.85. The maximum atomic E-state index is 2.20. The largest absolute Gasteiger partial charge is 0.0590 e. The first-order valence-electron chi connectivity index (χ1n) is 3.24. The second kappa shape index (κ2) is 3.88. The molecule has 0 aliphatic heterocycles. The Kier molecular flexibility index (Phi) is 3.82. The number of hydrogen-bond donors (Lipinski definition) is 0. The van der Waals surface area contributed by atoms with Gasteiger partial charge < -0.3 is 0 Å². The van der Waals surface area contributed by atoms with Crippen LogP contribution in [0.1, 0.15) is 16.7 Å². The average Bonchev–Trinajstić information content (AvgIpc) is 1.80. The summed E-state index contributed by atoms with van der Waals surface area (Å²) in [5, 5.41) is 0. The summed E-state index contributed by atoms with van der Waals surface area (Å²) in [6, 6.07) is 6.50. The van der Waals surface area contributed by atoms with E-state index in [2.05, 4.69) is 39.0 Å². The van der Waals surface area contributed by atoms with Crippen LogP contribution in [0.4, 0.5) is 0 Å². The van der Waals surface area contributed by atoms with Crippen LogP contribution in [0.5, 0.6) is 0 Å². The molecule has 1 aromatic rings. The number of aryl methyl sites for hydroxylation is 3. The summed E-state index contributed by atoms with van der Waals surface area (Å²) in [6.45, 7) is 6.39. The van der Waals surface area contributed by atoms with Gasteiger partial charge >= 0.3 is 0 Å². The Labute approximate surface area is 75.4 Å². The minimum absolute atomic E-state index is 0. The van der Waals surface area contributed by atoms with Crippen LogP contribution in [0.25, 0.3) is 0 Å². The zero-order valence-corrected chi connectivity index (χ0v) is 8.32. The van der Waals surface area contributed by atoms with Crippen molar-refractivity contribution in [2.24, 2.45) is 0 Å². The predicted octanol–water partition coefficient (Wildman–Crippen LogP) is 2.61. The van der Waals surface area contributed by atoms with Crippen LogP contribution in [0.3, 0.4) is 0 Å². The summed E-state index contributed by atoms with van der Waals surface area (Å²) in [4.78, 5) is 0. The van der Waals surface area contributed by atoms with Gasteiger partial charge in [0, 0.05) is 19.5 Å². The van der Waals surface area contributed by atoms with E-state index in [0.29, 0.717) is 0 Å². The van der Waals surface area contributed by atoms with Gasteiger partial charge in [0.2, 0.25) is 0 Å². The molecule has 1 heteroatoms. The Hall–Kier alpha value is -0.157. The minimum Gasteiger partial charge on any atom is -0.0590 e. The van der Waals surface area contributed by atoms with Gasteiger partial charge in [-0.2, -0.15) is 0 Å². The van der Waals surface area contributed by atoms with Gasteiger partial charge in [-0.25, -0.2) is 0 Å². The summed E-state index contributed by atoms with van der Waals surface area (Å²) in [6.07, 6.45) is 0. The molecule has 10 heavy (non-hydrogen) atoms. The fourth-order valence-electron chi connectivity index (χ4n) is 0.891. The van der Waals surface area contributed by atoms with Gasteiger partial charge in [-0.3, -0.25) is 0 Å². The van der Waals surface area contributed by atoms with Crippen LogP contribution in [0.2, 0.25) is 0 Å². The third-order valence-corrected chi connectivity index (χ3v) is 1.66. The fraction of sp³-hybridized carbons (Fsp3) is 0.333. The second-order valence-electron chi connectivity index (χ2n) is 2.59. The van der Waals surface area contributed by atoms with Crippen molar-refractivity contribution in [3.05, 3.63) is 34.9 Å². The molecule has 0 aliphatic carbocycles. The van der Waals surface area contributed by atoms with Crippen molar-refractivity contribution in [3.8, 4) is 0 Å². The topological polar surface area (TPSA) is 0 Å². The zero-order valence-electron chi connectivity index (χ0n) is 6.59. The van der Waals surface area contributed by atoms with E-state index >= 15 is 0 Å². The molecular weight excluding hydrogens is 209 g/mol. The van der Waals surface area contributed by atoms with E-state index in [4.69, 9.17) is 0 Å². The van der Waals surface area contributed by atoms with Crippen molar-refractivity contribution in [2.45, 2.75) is 20.8 Å². The maximum absolute atomic E-state index is 2.20. The average molecular weight is 221 g/mol. The third-order valence-electron chi connectivity index (χ3n) is 1.66. The number of rotatable bonds is 0. The third kappa shape index (κ3) is 2.23. The van der Waals surface area contributed by atoms with Crippen LogP contribution in [-0.2, 0) is 19.5 Å². The summed E-state index contributed by atoms with van der Waals surface area (Å²) in [5.74, 6) is 0. The molecule has 0 nitrogen and oxygen atoms in total. The Morgan fingerprint density at radius 1 is 0.900 bits per heavy atom. The van der Waals surface area contributed by atoms with Crippen LogP contribution in [0.15, 0.2) is 18.2 Å². The molecule has 0 spiro atoms. The van der Waals surface area contributed by atoms with Crippen molar-refractivity contribution >= 4 is 0 Å². The smallest absolute Gasteiger partial charge is 0 e. The molecule has 0 amide bonds. The normalized spacial score (nSPS) is 8.70. The van der Waals surface area contributed by atoms with E-state index in [1.807, 2.05) is 0 Å². The molecule has 56 valence electrons. The van der Waals surface area contributed by atoms with Crippen LogP contribution in [-0.4, -0.2) is 0 Å². The molecular formula is C9H12Ru. The number of benzene rings is 1. The molecule has 0 radical (unpaired) electrons. The first kappa shape index (κ1) is 9.84. The van der Waals surface area contributed by atoms with Gasteiger partial charge in [0.15, 0.2) is 0 Å². The van der Waals surface area contributed by atoms with E-state index in [1.165, 1.54) is 16.7 Å². The van der Waals surface area contributed by atoms with E-state index < -0.39 is 0 Å². The van der Waals surface area contributed by atoms with Crippen molar-refractivity contribution in [2.75, 3.05) is 0 Å². The molecule has 0 bridgehead atoms. The Morgan fingerprint density at radius 3 is 1.90 bits per heavy atom. The van der Waals surface area contributed by atoms with Crippen molar-refractivity contribution in [1.82, 2.24) is 0 Å². The minimum atomic E-state index is 0. The molecule has 0 N–H and O–H groups in total. The van der Waals surface area contributed by atoms with Crippen LogP contribution < -0.4 is 0 Å². The Bertz CT molecular complexity index is 216. The maximum Gasteiger partial charge on any atom is 0 e. The molecule has 0 fully saturated rings. The first-order valence-corrected chi connectivity index (χ1v) is 3.24. The Balaban J connectivity index is 0.000000810. The van der Waals surface area contributed by atoms with Gasteiger partial charge in [0.05, 0.1) is 0 Å². The molecule has 1 aromatic carbocycles. The van der Waals surface area contributed by atoms with Gasteiger partial charge in [-0.15, -0.1) is 0 Å².